The van der Waals surface area contributed by atoms with Crippen LogP contribution >= 0.6 is 0 Å². The van der Waals surface area contributed by atoms with E-state index in [2.05, 4.69) is 30.7 Å². The third kappa shape index (κ3) is 2.09. The van der Waals surface area contributed by atoms with Crippen LogP contribution in [0.1, 0.15) is 10.4 Å². The summed E-state index contributed by atoms with van der Waals surface area (Å²) in [5, 5.41) is 11.7. The van der Waals surface area contributed by atoms with Crippen molar-refractivity contribution in [3.63, 3.8) is 0 Å². The molecule has 0 aliphatic heterocycles. The van der Waals surface area contributed by atoms with E-state index in [4.69, 9.17) is 0 Å². The summed E-state index contributed by atoms with van der Waals surface area (Å²) in [5.41, 5.74) is 2.87. The number of amides is 1. The summed E-state index contributed by atoms with van der Waals surface area (Å²) in [6, 6.07) is 4.68. The molecule has 0 bridgehead atoms. The molecule has 10 nitrogen and oxygen atoms in total. The van der Waals surface area contributed by atoms with Crippen molar-refractivity contribution in [2.24, 2.45) is 0 Å². The van der Waals surface area contributed by atoms with Crippen molar-refractivity contribution in [3.8, 4) is 0 Å². The van der Waals surface area contributed by atoms with Gasteiger partial charge in [-0.3, -0.25) is 20.0 Å². The largest absolute Gasteiger partial charge is 0.299 e. The van der Waals surface area contributed by atoms with Crippen molar-refractivity contribution < 1.29 is 4.79 Å². The lowest BCUT2D eigenvalue weighted by Gasteiger charge is -2.08. The van der Waals surface area contributed by atoms with E-state index in [-0.39, 0.29) is 11.3 Å². The topological polar surface area (TPSA) is 120 Å². The van der Waals surface area contributed by atoms with Crippen LogP contribution in [-0.2, 0) is 0 Å². The minimum atomic E-state index is -0.519. The molecule has 0 aliphatic carbocycles. The minimum absolute atomic E-state index is 0.0699. The van der Waals surface area contributed by atoms with E-state index in [0.717, 1.165) is 4.68 Å². The van der Waals surface area contributed by atoms with E-state index < -0.39 is 11.5 Å². The van der Waals surface area contributed by atoms with E-state index in [1.807, 2.05) is 0 Å². The smallest absolute Gasteiger partial charge is 0.267 e. The van der Waals surface area contributed by atoms with Gasteiger partial charge in [0, 0.05) is 24.2 Å². The molecule has 4 aromatic heterocycles. The van der Waals surface area contributed by atoms with Gasteiger partial charge in [0.05, 0.1) is 0 Å². The Hall–Kier alpha value is -3.69. The Morgan fingerprint density at radius 3 is 2.78 bits per heavy atom. The molecule has 0 unspecified atom stereocenters. The average Bonchev–Trinajstić information content (AvgIpc) is 3.07. The number of carbonyl (C=O) groups is 1. The summed E-state index contributed by atoms with van der Waals surface area (Å²) in [6.45, 7) is 0. The highest BCUT2D eigenvalue weighted by Gasteiger charge is 2.12. The van der Waals surface area contributed by atoms with Gasteiger partial charge in [0.2, 0.25) is 0 Å². The van der Waals surface area contributed by atoms with E-state index in [1.165, 1.54) is 29.4 Å². The van der Waals surface area contributed by atoms with E-state index in [9.17, 15) is 9.59 Å². The van der Waals surface area contributed by atoms with E-state index >= 15 is 0 Å². The van der Waals surface area contributed by atoms with Crippen LogP contribution in [0, 0.1) is 0 Å². The van der Waals surface area contributed by atoms with Crippen LogP contribution in [0.15, 0.2) is 47.9 Å². The van der Waals surface area contributed by atoms with Crippen LogP contribution in [0.3, 0.4) is 0 Å². The fraction of sp³-hybridized carbons (Fsp3) is 0. The molecular formula is C13H8N8O2. The molecule has 0 spiro atoms. The molecule has 0 fully saturated rings. The minimum Gasteiger partial charge on any atom is -0.267 e. The zero-order chi connectivity index (χ0) is 15.8. The first-order chi connectivity index (χ1) is 11.2. The highest BCUT2D eigenvalue weighted by atomic mass is 16.2. The van der Waals surface area contributed by atoms with Crippen LogP contribution in [0.25, 0.3) is 16.8 Å². The molecule has 10 heteroatoms. The zero-order valence-electron chi connectivity index (χ0n) is 11.5. The first kappa shape index (κ1) is 13.0. The predicted molar refractivity (Wildman–Crippen MR) is 78.3 cm³/mol. The van der Waals surface area contributed by atoms with E-state index in [0.29, 0.717) is 11.1 Å². The lowest BCUT2D eigenvalue weighted by molar-refractivity contribution is 0.101. The second-order valence-electron chi connectivity index (χ2n) is 4.57. The Morgan fingerprint density at radius 1 is 1.13 bits per heavy atom. The molecule has 1 N–H and O–H groups in total. The number of aromatic nitrogens is 7. The summed E-state index contributed by atoms with van der Waals surface area (Å²) in [7, 11) is 0. The molecule has 0 saturated heterocycles. The van der Waals surface area contributed by atoms with Gasteiger partial charge < -0.3 is 0 Å². The fourth-order valence-electron chi connectivity index (χ4n) is 2.11. The van der Waals surface area contributed by atoms with Crippen molar-refractivity contribution in [2.45, 2.75) is 0 Å². The van der Waals surface area contributed by atoms with Crippen LogP contribution in [-0.4, -0.2) is 40.4 Å². The molecule has 4 heterocycles. The van der Waals surface area contributed by atoms with Crippen molar-refractivity contribution >= 4 is 22.7 Å². The van der Waals surface area contributed by atoms with Gasteiger partial charge in [0.15, 0.2) is 5.52 Å². The second-order valence-corrected chi connectivity index (χ2v) is 4.57. The van der Waals surface area contributed by atoms with Crippen molar-refractivity contribution in [1.82, 2.24) is 34.5 Å². The van der Waals surface area contributed by atoms with Crippen LogP contribution in [0.4, 0.5) is 0 Å². The maximum absolute atomic E-state index is 12.4. The second kappa shape index (κ2) is 4.94. The SMILES string of the molecule is O=C(Nn1ccc2c(nnc3ncnn32)c1=O)c1ccncc1. The molecule has 0 radical (unpaired) electrons. The quantitative estimate of drug-likeness (QED) is 0.535. The predicted octanol–water partition coefficient (Wildman–Crippen LogP) is -0.387. The van der Waals surface area contributed by atoms with Gasteiger partial charge in [0.1, 0.15) is 11.8 Å². The Balaban J connectivity index is 1.79. The van der Waals surface area contributed by atoms with Gasteiger partial charge in [0.25, 0.3) is 17.2 Å². The highest BCUT2D eigenvalue weighted by molar-refractivity contribution is 5.99. The van der Waals surface area contributed by atoms with Crippen molar-refractivity contribution in [1.29, 1.82) is 0 Å². The Morgan fingerprint density at radius 2 is 1.96 bits per heavy atom. The average molecular weight is 308 g/mol. The Kier molecular flexibility index (Phi) is 2.80. The summed E-state index contributed by atoms with van der Waals surface area (Å²) < 4.78 is 2.45. The maximum Gasteiger partial charge on any atom is 0.299 e. The summed E-state index contributed by atoms with van der Waals surface area (Å²) in [6.07, 6.45) is 5.72. The van der Waals surface area contributed by atoms with Crippen molar-refractivity contribution in [2.75, 3.05) is 5.43 Å². The molecule has 4 aromatic rings. The molecule has 0 aromatic carbocycles. The first-order valence-corrected chi connectivity index (χ1v) is 6.53. The summed E-state index contributed by atoms with van der Waals surface area (Å²) >= 11 is 0. The molecular weight excluding hydrogens is 300 g/mol. The molecule has 0 saturated carbocycles. The van der Waals surface area contributed by atoms with E-state index in [1.54, 1.807) is 18.2 Å². The fourth-order valence-corrected chi connectivity index (χ4v) is 2.11. The summed E-state index contributed by atoms with van der Waals surface area (Å²) in [5.74, 6) is -0.154. The number of nitrogens with zero attached hydrogens (tertiary/aromatic N) is 7. The molecule has 112 valence electrons. The number of hydrogen-bond acceptors (Lipinski definition) is 7. The highest BCUT2D eigenvalue weighted by Crippen LogP contribution is 2.06. The molecule has 0 atom stereocenters. The van der Waals surface area contributed by atoms with Crippen LogP contribution in [0.5, 0.6) is 0 Å². The van der Waals surface area contributed by atoms with Gasteiger partial charge in [-0.2, -0.15) is 14.6 Å². The lowest BCUT2D eigenvalue weighted by Crippen LogP contribution is -2.33. The zero-order valence-corrected chi connectivity index (χ0v) is 11.5. The Labute approximate surface area is 127 Å². The lowest BCUT2D eigenvalue weighted by atomic mass is 10.2. The third-order valence-electron chi connectivity index (χ3n) is 3.21. The number of rotatable bonds is 2. The van der Waals surface area contributed by atoms with Gasteiger partial charge in [-0.05, 0) is 18.2 Å². The molecule has 0 aliphatic rings. The monoisotopic (exact) mass is 308 g/mol. The number of fused-ring (bicyclic) bond motifs is 3. The van der Waals surface area contributed by atoms with Crippen LogP contribution in [0.2, 0.25) is 0 Å². The molecule has 23 heavy (non-hydrogen) atoms. The number of pyridine rings is 2. The Bertz CT molecular complexity index is 1090. The number of carbonyl (C=O) groups excluding carboxylic acids is 1. The molecule has 1 amide bonds. The normalized spacial score (nSPS) is 11.0. The van der Waals surface area contributed by atoms with Crippen LogP contribution < -0.4 is 11.0 Å². The summed E-state index contributed by atoms with van der Waals surface area (Å²) in [4.78, 5) is 32.3. The van der Waals surface area contributed by atoms with Gasteiger partial charge in [-0.1, -0.05) is 0 Å². The van der Waals surface area contributed by atoms with Crippen molar-refractivity contribution in [3.05, 3.63) is 59.0 Å². The van der Waals surface area contributed by atoms with Gasteiger partial charge in [-0.15, -0.1) is 10.2 Å². The number of hydrogen-bond donors (Lipinski definition) is 1. The maximum atomic E-state index is 12.4. The standard InChI is InChI=1S/C13H8N8O2/c22-11(8-1-4-14-5-2-8)19-20-6-3-9-10(12(20)23)17-18-13-15-7-16-21(9)13/h1-7H,(H,19,22). The van der Waals surface area contributed by atoms with Gasteiger partial charge in [-0.25, -0.2) is 4.68 Å². The van der Waals surface area contributed by atoms with Gasteiger partial charge >= 0.3 is 0 Å². The first-order valence-electron chi connectivity index (χ1n) is 6.53. The molecule has 4 rings (SSSR count). The number of nitrogens with one attached hydrogen (secondary N) is 1. The third-order valence-corrected chi connectivity index (χ3v) is 3.21.